The van der Waals surface area contributed by atoms with Crippen LogP contribution in [0.1, 0.15) is 30.3 Å². The predicted molar refractivity (Wildman–Crippen MR) is 115 cm³/mol. The summed E-state index contributed by atoms with van der Waals surface area (Å²) in [6, 6.07) is 12.6. The molecule has 0 aliphatic carbocycles. The molecule has 0 bridgehead atoms. The molecule has 0 saturated carbocycles. The van der Waals surface area contributed by atoms with E-state index in [1.54, 1.807) is 29.3 Å². The Morgan fingerprint density at radius 2 is 1.97 bits per heavy atom. The molecule has 0 spiro atoms. The molecular weight excluding hydrogens is 400 g/mol. The number of rotatable bonds is 5. The van der Waals surface area contributed by atoms with Gasteiger partial charge >= 0.3 is 0 Å². The van der Waals surface area contributed by atoms with Crippen molar-refractivity contribution in [1.29, 1.82) is 0 Å². The van der Waals surface area contributed by atoms with Gasteiger partial charge in [0.15, 0.2) is 0 Å². The Balaban J connectivity index is 1.58. The zero-order valence-electron chi connectivity index (χ0n) is 17.0. The maximum absolute atomic E-state index is 13.0. The van der Waals surface area contributed by atoms with Crippen molar-refractivity contribution in [1.82, 2.24) is 14.3 Å². The quantitative estimate of drug-likeness (QED) is 0.683. The van der Waals surface area contributed by atoms with Gasteiger partial charge in [0.25, 0.3) is 0 Å². The highest BCUT2D eigenvalue weighted by Gasteiger charge is 2.23. The smallest absolute Gasteiger partial charge is 0.240 e. The van der Waals surface area contributed by atoms with Crippen LogP contribution in [0.4, 0.5) is 5.69 Å². The Labute approximate surface area is 176 Å². The maximum Gasteiger partial charge on any atom is 0.240 e. The highest BCUT2D eigenvalue weighted by Crippen LogP contribution is 2.29. The lowest BCUT2D eigenvalue weighted by Crippen LogP contribution is -2.33. The van der Waals surface area contributed by atoms with E-state index in [9.17, 15) is 13.2 Å². The maximum atomic E-state index is 13.0. The van der Waals surface area contributed by atoms with Crippen molar-refractivity contribution in [3.05, 3.63) is 71.8 Å². The molecule has 156 valence electrons. The number of aromatic nitrogens is 2. The minimum Gasteiger partial charge on any atom is -0.312 e. The predicted octanol–water partition coefficient (Wildman–Crippen LogP) is 2.96. The lowest BCUT2D eigenvalue weighted by molar-refractivity contribution is -0.116. The van der Waals surface area contributed by atoms with E-state index in [0.717, 1.165) is 41.2 Å². The molecule has 0 saturated heterocycles. The van der Waals surface area contributed by atoms with Crippen LogP contribution in [0.5, 0.6) is 0 Å². The van der Waals surface area contributed by atoms with Gasteiger partial charge in [-0.15, -0.1) is 0 Å². The lowest BCUT2D eigenvalue weighted by atomic mass is 10.0. The van der Waals surface area contributed by atoms with E-state index in [-0.39, 0.29) is 17.3 Å². The first kappa shape index (κ1) is 20.3. The topological polar surface area (TPSA) is 84.3 Å². The summed E-state index contributed by atoms with van der Waals surface area (Å²) < 4.78 is 30.6. The summed E-state index contributed by atoms with van der Waals surface area (Å²) in [5.41, 5.74) is 3.42. The van der Waals surface area contributed by atoms with Crippen LogP contribution in [-0.2, 0) is 27.8 Å². The van der Waals surface area contributed by atoms with E-state index in [2.05, 4.69) is 9.71 Å². The number of imidazole rings is 1. The molecule has 0 unspecified atom stereocenters. The van der Waals surface area contributed by atoms with Crippen molar-refractivity contribution in [2.75, 3.05) is 11.4 Å². The highest BCUT2D eigenvalue weighted by atomic mass is 32.2. The van der Waals surface area contributed by atoms with Crippen LogP contribution in [0.2, 0.25) is 0 Å². The average molecular weight is 425 g/mol. The fraction of sp³-hybridized carbons (Fsp3) is 0.273. The summed E-state index contributed by atoms with van der Waals surface area (Å²) in [4.78, 5) is 18.0. The molecule has 1 aliphatic heterocycles. The number of amides is 1. The van der Waals surface area contributed by atoms with Gasteiger partial charge in [-0.3, -0.25) is 4.79 Å². The number of nitrogens with one attached hydrogen (secondary N) is 1. The van der Waals surface area contributed by atoms with Gasteiger partial charge in [0.05, 0.1) is 10.6 Å². The summed E-state index contributed by atoms with van der Waals surface area (Å²) in [5, 5.41) is 0. The lowest BCUT2D eigenvalue weighted by Gasteiger charge is -2.28. The van der Waals surface area contributed by atoms with Crippen molar-refractivity contribution >= 4 is 21.6 Å². The zero-order valence-corrected chi connectivity index (χ0v) is 17.8. The van der Waals surface area contributed by atoms with Crippen LogP contribution in [0, 0.1) is 6.92 Å². The van der Waals surface area contributed by atoms with Crippen molar-refractivity contribution in [3.63, 3.8) is 0 Å². The van der Waals surface area contributed by atoms with Gasteiger partial charge in [0.1, 0.15) is 5.82 Å². The van der Waals surface area contributed by atoms with Gasteiger partial charge in [-0.25, -0.2) is 18.1 Å². The molecule has 2 heterocycles. The number of aryl methyl sites for hydroxylation is 2. The Hall–Kier alpha value is -2.97. The third kappa shape index (κ3) is 3.88. The number of carbonyl (C=O) groups excluding carboxylic acids is 1. The van der Waals surface area contributed by atoms with E-state index in [0.29, 0.717) is 6.54 Å². The van der Waals surface area contributed by atoms with Gasteiger partial charge in [0.2, 0.25) is 15.9 Å². The average Bonchev–Trinajstić information content (AvgIpc) is 3.17. The van der Waals surface area contributed by atoms with Gasteiger partial charge in [-0.1, -0.05) is 18.2 Å². The third-order valence-electron chi connectivity index (χ3n) is 5.39. The molecule has 0 radical (unpaired) electrons. The van der Waals surface area contributed by atoms with Crippen molar-refractivity contribution < 1.29 is 13.2 Å². The van der Waals surface area contributed by atoms with Crippen molar-refractivity contribution in [3.8, 4) is 5.69 Å². The van der Waals surface area contributed by atoms with Crippen LogP contribution in [-0.4, -0.2) is 30.4 Å². The minimum atomic E-state index is -3.70. The molecule has 0 atom stereocenters. The summed E-state index contributed by atoms with van der Waals surface area (Å²) in [5.74, 6) is 0.797. The van der Waals surface area contributed by atoms with Crippen LogP contribution in [0.3, 0.4) is 0 Å². The van der Waals surface area contributed by atoms with Gasteiger partial charge < -0.3 is 9.47 Å². The molecule has 3 aromatic rings. The Morgan fingerprint density at radius 3 is 2.70 bits per heavy atom. The number of benzene rings is 2. The second-order valence-electron chi connectivity index (χ2n) is 7.36. The first-order valence-corrected chi connectivity index (χ1v) is 11.3. The highest BCUT2D eigenvalue weighted by molar-refractivity contribution is 7.89. The van der Waals surface area contributed by atoms with E-state index < -0.39 is 10.0 Å². The first-order chi connectivity index (χ1) is 14.4. The first-order valence-electron chi connectivity index (χ1n) is 9.86. The van der Waals surface area contributed by atoms with Crippen molar-refractivity contribution in [2.24, 2.45) is 0 Å². The molecule has 1 N–H and O–H groups in total. The number of nitrogens with zero attached hydrogens (tertiary/aromatic N) is 3. The molecule has 4 rings (SSSR count). The minimum absolute atomic E-state index is 0.0314. The Kier molecular flexibility index (Phi) is 5.44. The number of fused-ring (bicyclic) bond motifs is 1. The number of carbonyl (C=O) groups is 1. The number of sulfonamides is 1. The Morgan fingerprint density at radius 1 is 1.17 bits per heavy atom. The van der Waals surface area contributed by atoms with E-state index in [1.165, 1.54) is 6.92 Å². The van der Waals surface area contributed by atoms with Crippen LogP contribution in [0.15, 0.2) is 59.8 Å². The summed E-state index contributed by atoms with van der Waals surface area (Å²) in [6.07, 6.45) is 5.15. The molecule has 1 aromatic heterocycles. The number of para-hydroxylation sites is 1. The number of hydrogen-bond donors (Lipinski definition) is 1. The van der Waals surface area contributed by atoms with Gasteiger partial charge in [-0.05, 0) is 55.2 Å². The standard InChI is InChI=1S/C22H24N4O3S/c1-16-23-11-13-25(16)21-8-4-3-6-19(21)15-24-30(28,29)20-9-10-22-18(14-20)7-5-12-26(22)17(2)27/h3-4,6,8-11,13-14,24H,5,7,12,15H2,1-2H3. The molecule has 2 aromatic carbocycles. The zero-order chi connectivity index (χ0) is 21.3. The summed E-state index contributed by atoms with van der Waals surface area (Å²) >= 11 is 0. The molecular formula is C22H24N4O3S. The Bertz CT molecular complexity index is 1200. The molecule has 1 amide bonds. The van der Waals surface area contributed by atoms with Crippen molar-refractivity contribution in [2.45, 2.75) is 38.1 Å². The van der Waals surface area contributed by atoms with Gasteiger partial charge in [-0.2, -0.15) is 0 Å². The molecule has 0 fully saturated rings. The molecule has 8 heteroatoms. The van der Waals surface area contributed by atoms with E-state index in [1.807, 2.05) is 42.0 Å². The SMILES string of the molecule is CC(=O)N1CCCc2cc(S(=O)(=O)NCc3ccccc3-n3ccnc3C)ccc21. The molecule has 1 aliphatic rings. The molecule has 30 heavy (non-hydrogen) atoms. The van der Waals surface area contributed by atoms with E-state index in [4.69, 9.17) is 0 Å². The van der Waals surface area contributed by atoms with E-state index >= 15 is 0 Å². The summed E-state index contributed by atoms with van der Waals surface area (Å²) in [7, 11) is -3.70. The van der Waals surface area contributed by atoms with Crippen LogP contribution < -0.4 is 9.62 Å². The third-order valence-corrected chi connectivity index (χ3v) is 6.79. The number of anilines is 1. The second-order valence-corrected chi connectivity index (χ2v) is 9.13. The molecule has 7 nitrogen and oxygen atoms in total. The van der Waals surface area contributed by atoms with Gasteiger partial charge in [0, 0.05) is 38.1 Å². The second kappa shape index (κ2) is 8.04. The fourth-order valence-electron chi connectivity index (χ4n) is 3.85. The summed E-state index contributed by atoms with van der Waals surface area (Å²) in [6.45, 7) is 4.25. The van der Waals surface area contributed by atoms with Crippen LogP contribution >= 0.6 is 0 Å². The fourth-order valence-corrected chi connectivity index (χ4v) is 4.91. The number of hydrogen-bond acceptors (Lipinski definition) is 4. The normalized spacial score (nSPS) is 13.9. The van der Waals surface area contributed by atoms with Crippen LogP contribution in [0.25, 0.3) is 5.69 Å². The largest absolute Gasteiger partial charge is 0.312 e. The monoisotopic (exact) mass is 424 g/mol.